The Kier molecular flexibility index (Phi) is 8.88. The van der Waals surface area contributed by atoms with Gasteiger partial charge in [-0.2, -0.15) is 0 Å². The van der Waals surface area contributed by atoms with E-state index in [9.17, 15) is 14.7 Å². The highest BCUT2D eigenvalue weighted by molar-refractivity contribution is 8.00. The first-order chi connectivity index (χ1) is 21.5. The molecule has 44 heavy (non-hydrogen) atoms. The van der Waals surface area contributed by atoms with Crippen molar-refractivity contribution >= 4 is 57.6 Å². The number of amides is 1. The fourth-order valence-electron chi connectivity index (χ4n) is 4.68. The molecule has 7 nitrogen and oxygen atoms in total. The van der Waals surface area contributed by atoms with Crippen LogP contribution >= 0.6 is 34.7 Å². The van der Waals surface area contributed by atoms with E-state index < -0.39 is 23.5 Å². The van der Waals surface area contributed by atoms with E-state index in [1.165, 1.54) is 34.1 Å². The lowest BCUT2D eigenvalue weighted by molar-refractivity contribution is -0.117. The van der Waals surface area contributed by atoms with Crippen molar-refractivity contribution in [2.45, 2.75) is 16.1 Å². The summed E-state index contributed by atoms with van der Waals surface area (Å²) in [7, 11) is 0. The number of thioether (sulfide) groups is 1. The van der Waals surface area contributed by atoms with Gasteiger partial charge < -0.3 is 9.84 Å². The van der Waals surface area contributed by atoms with Gasteiger partial charge in [0.1, 0.15) is 11.5 Å². The Bertz CT molecular complexity index is 1880. The van der Waals surface area contributed by atoms with Gasteiger partial charge in [0.15, 0.2) is 15.9 Å². The molecule has 6 rings (SSSR count). The van der Waals surface area contributed by atoms with Crippen molar-refractivity contribution in [2.24, 2.45) is 0 Å². The normalized spacial score (nSPS) is 14.9. The smallest absolute Gasteiger partial charge is 0.296 e. The average Bonchev–Trinajstić information content (AvgIpc) is 3.62. The molecule has 10 heteroatoms. The second kappa shape index (κ2) is 13.3. The lowest BCUT2D eigenvalue weighted by atomic mass is 9.95. The Morgan fingerprint density at radius 1 is 0.932 bits per heavy atom. The van der Waals surface area contributed by atoms with Crippen LogP contribution in [0.5, 0.6) is 11.5 Å². The molecule has 0 radical (unpaired) electrons. The number of para-hydroxylation sites is 1. The second-order valence-electron chi connectivity index (χ2n) is 9.67. The Labute approximate surface area is 267 Å². The summed E-state index contributed by atoms with van der Waals surface area (Å²) in [5.74, 6) is -0.171. The molecule has 1 aliphatic rings. The van der Waals surface area contributed by atoms with Gasteiger partial charge in [-0.05, 0) is 53.1 Å². The molecule has 0 aliphatic carbocycles. The van der Waals surface area contributed by atoms with Gasteiger partial charge in [0.25, 0.3) is 5.91 Å². The van der Waals surface area contributed by atoms with Crippen LogP contribution in [0.2, 0.25) is 5.02 Å². The minimum Gasteiger partial charge on any atom is -0.503 e. The molecule has 5 aromatic rings. The first-order valence-electron chi connectivity index (χ1n) is 13.5. The van der Waals surface area contributed by atoms with E-state index in [0.29, 0.717) is 32.2 Å². The summed E-state index contributed by atoms with van der Waals surface area (Å²) in [5.41, 5.74) is 2.26. The Balaban J connectivity index is 1.34. The van der Waals surface area contributed by atoms with E-state index in [4.69, 9.17) is 16.3 Å². The number of nitrogens with zero attached hydrogens (tertiary/aromatic N) is 3. The molecule has 2 heterocycles. The molecule has 4 aromatic carbocycles. The van der Waals surface area contributed by atoms with Crippen LogP contribution in [-0.4, -0.2) is 27.0 Å². The third kappa shape index (κ3) is 6.45. The number of benzene rings is 4. The molecule has 0 fully saturated rings. The molecule has 0 saturated heterocycles. The van der Waals surface area contributed by atoms with Crippen LogP contribution in [-0.2, 0) is 15.3 Å². The third-order valence-corrected chi connectivity index (χ3v) is 9.24. The van der Waals surface area contributed by atoms with Crippen LogP contribution in [0, 0.1) is 0 Å². The topological polar surface area (TPSA) is 92.6 Å². The molecular weight excluding hydrogens is 614 g/mol. The van der Waals surface area contributed by atoms with Crippen LogP contribution in [0.15, 0.2) is 131 Å². The van der Waals surface area contributed by atoms with Gasteiger partial charge in [-0.1, -0.05) is 120 Å². The average molecular weight is 638 g/mol. The minimum atomic E-state index is -0.968. The molecule has 1 atom stereocenters. The predicted molar refractivity (Wildman–Crippen MR) is 174 cm³/mol. The summed E-state index contributed by atoms with van der Waals surface area (Å²) in [6.07, 6.45) is 3.01. The van der Waals surface area contributed by atoms with Gasteiger partial charge >= 0.3 is 0 Å². The highest BCUT2D eigenvalue weighted by Gasteiger charge is 2.45. The van der Waals surface area contributed by atoms with Gasteiger partial charge in [-0.3, -0.25) is 14.5 Å². The summed E-state index contributed by atoms with van der Waals surface area (Å²) < 4.78 is 6.65. The number of allylic oxidation sites excluding steroid dienone is 1. The van der Waals surface area contributed by atoms with Gasteiger partial charge in [-0.15, -0.1) is 10.2 Å². The minimum absolute atomic E-state index is 0.0560. The van der Waals surface area contributed by atoms with Gasteiger partial charge in [0, 0.05) is 10.8 Å². The summed E-state index contributed by atoms with van der Waals surface area (Å²) in [6.45, 7) is 0. The number of hydrogen-bond donors (Lipinski definition) is 1. The largest absolute Gasteiger partial charge is 0.503 e. The van der Waals surface area contributed by atoms with E-state index in [1.807, 2.05) is 84.9 Å². The van der Waals surface area contributed by atoms with Gasteiger partial charge in [-0.25, -0.2) is 0 Å². The molecule has 1 aliphatic heterocycles. The number of hydrogen-bond acceptors (Lipinski definition) is 8. The number of aromatic nitrogens is 2. The number of rotatable bonds is 10. The van der Waals surface area contributed by atoms with E-state index in [2.05, 4.69) is 10.2 Å². The number of aliphatic hydroxyl groups excluding tert-OH is 1. The summed E-state index contributed by atoms with van der Waals surface area (Å²) in [4.78, 5) is 28.6. The molecule has 218 valence electrons. The molecule has 1 unspecified atom stereocenters. The first kappa shape index (κ1) is 29.4. The molecule has 0 spiro atoms. The van der Waals surface area contributed by atoms with Crippen LogP contribution in [0.25, 0.3) is 6.08 Å². The predicted octanol–water partition coefficient (Wildman–Crippen LogP) is 8.46. The zero-order valence-corrected chi connectivity index (χ0v) is 25.4. The van der Waals surface area contributed by atoms with E-state index in [0.717, 1.165) is 11.1 Å². The van der Waals surface area contributed by atoms with Crippen molar-refractivity contribution in [3.05, 3.63) is 148 Å². The number of anilines is 1. The maximum absolute atomic E-state index is 13.6. The van der Waals surface area contributed by atoms with Crippen molar-refractivity contribution in [2.75, 3.05) is 4.90 Å². The Morgan fingerprint density at radius 2 is 1.64 bits per heavy atom. The second-order valence-corrected chi connectivity index (χ2v) is 12.3. The molecule has 1 N–H and O–H groups in total. The quantitative estimate of drug-likeness (QED) is 0.0933. The van der Waals surface area contributed by atoms with Crippen LogP contribution < -0.4 is 9.64 Å². The zero-order chi connectivity index (χ0) is 30.5. The van der Waals surface area contributed by atoms with Crippen molar-refractivity contribution < 1.29 is 19.4 Å². The highest BCUT2D eigenvalue weighted by atomic mass is 35.5. The SMILES string of the molecule is O=C(C=Cc1ccccc1)C1=C(O)C(=O)N(c2nnc(SCc3ccccc3Cl)s2)C1c1cccc(Oc2ccccc2)c1. The lowest BCUT2D eigenvalue weighted by Gasteiger charge is -2.24. The molecule has 1 amide bonds. The van der Waals surface area contributed by atoms with Gasteiger partial charge in [0.05, 0.1) is 11.6 Å². The van der Waals surface area contributed by atoms with Crippen molar-refractivity contribution in [3.8, 4) is 11.5 Å². The number of carbonyl (C=O) groups excluding carboxylic acids is 2. The summed E-state index contributed by atoms with van der Waals surface area (Å²) in [5, 5.41) is 20.6. The number of aliphatic hydroxyl groups is 1. The van der Waals surface area contributed by atoms with Crippen LogP contribution in [0.4, 0.5) is 5.13 Å². The molecule has 1 aromatic heterocycles. The Morgan fingerprint density at radius 3 is 2.41 bits per heavy atom. The maximum Gasteiger partial charge on any atom is 0.296 e. The third-order valence-electron chi connectivity index (χ3n) is 6.76. The van der Waals surface area contributed by atoms with Crippen molar-refractivity contribution in [1.82, 2.24) is 10.2 Å². The summed E-state index contributed by atoms with van der Waals surface area (Å²) >= 11 is 8.94. The number of ether oxygens (including phenoxy) is 1. The zero-order valence-electron chi connectivity index (χ0n) is 23.0. The first-order valence-corrected chi connectivity index (χ1v) is 15.7. The maximum atomic E-state index is 13.6. The fourth-order valence-corrected chi connectivity index (χ4v) is 6.83. The highest BCUT2D eigenvalue weighted by Crippen LogP contribution is 2.44. The fraction of sp³-hybridized carbons (Fsp3) is 0.0588. The molecule has 0 bridgehead atoms. The lowest BCUT2D eigenvalue weighted by Crippen LogP contribution is -2.30. The van der Waals surface area contributed by atoms with Crippen molar-refractivity contribution in [1.29, 1.82) is 0 Å². The monoisotopic (exact) mass is 637 g/mol. The standard InChI is InChI=1S/C34H24ClN3O4S2/c35-27-17-8-7-12-24(27)21-43-34-37-36-33(44-34)38-30(23-13-9-16-26(20-23)42-25-14-5-2-6-15-25)29(31(40)32(38)41)28(39)19-18-22-10-3-1-4-11-22/h1-20,30,40H,21H2. The molecular formula is C34H24ClN3O4S2. The van der Waals surface area contributed by atoms with Crippen LogP contribution in [0.3, 0.4) is 0 Å². The Hall–Kier alpha value is -4.70. The molecule has 0 saturated carbocycles. The summed E-state index contributed by atoms with van der Waals surface area (Å²) in [6, 6.07) is 32.3. The number of ketones is 1. The van der Waals surface area contributed by atoms with E-state index in [1.54, 1.807) is 30.3 Å². The van der Waals surface area contributed by atoms with E-state index >= 15 is 0 Å². The number of halogens is 1. The number of carbonyl (C=O) groups is 2. The van der Waals surface area contributed by atoms with Crippen LogP contribution in [0.1, 0.15) is 22.7 Å². The van der Waals surface area contributed by atoms with Crippen molar-refractivity contribution in [3.63, 3.8) is 0 Å². The van der Waals surface area contributed by atoms with E-state index in [-0.39, 0.29) is 10.7 Å². The van der Waals surface area contributed by atoms with Gasteiger partial charge in [0.2, 0.25) is 5.13 Å².